The molecule has 0 heterocycles. The molecule has 0 aromatic rings. The summed E-state index contributed by atoms with van der Waals surface area (Å²) in [5.41, 5.74) is 0. The molecule has 0 aliphatic rings. The summed E-state index contributed by atoms with van der Waals surface area (Å²) in [6, 6.07) is 0. The highest BCUT2D eigenvalue weighted by atomic mass is 16.1. The summed E-state index contributed by atoms with van der Waals surface area (Å²) in [5, 5.41) is 3.10. The van der Waals surface area contributed by atoms with E-state index in [1.165, 1.54) is 89.9 Å². The van der Waals surface area contributed by atoms with E-state index in [0.717, 1.165) is 10.9 Å². The molecule has 1 amide bonds. The number of rotatable bonds is 18. The van der Waals surface area contributed by atoms with E-state index in [0.29, 0.717) is 6.42 Å². The number of unbranched alkanes of at least 4 members (excludes halogenated alkanes) is 14. The lowest BCUT2D eigenvalue weighted by Crippen LogP contribution is -2.53. The maximum atomic E-state index is 11.9. The second kappa shape index (κ2) is 16.6. The van der Waals surface area contributed by atoms with Crippen LogP contribution in [-0.4, -0.2) is 37.7 Å². The van der Waals surface area contributed by atoms with Crippen LogP contribution >= 0.6 is 0 Å². The maximum Gasteiger partial charge on any atom is 0.224 e. The summed E-state index contributed by atoms with van der Waals surface area (Å²) in [6.45, 7) is 4.36. The summed E-state index contributed by atoms with van der Waals surface area (Å²) in [6.07, 6.45) is 21.3. The van der Waals surface area contributed by atoms with Crippen molar-refractivity contribution in [3.8, 4) is 0 Å². The molecule has 3 nitrogen and oxygen atoms in total. The van der Waals surface area contributed by atoms with Gasteiger partial charge in [-0.05, 0) is 6.42 Å². The van der Waals surface area contributed by atoms with E-state index >= 15 is 0 Å². The van der Waals surface area contributed by atoms with Crippen molar-refractivity contribution in [1.29, 1.82) is 0 Å². The van der Waals surface area contributed by atoms with Crippen LogP contribution in [0, 0.1) is 0 Å². The Labute approximate surface area is 164 Å². The highest BCUT2D eigenvalue weighted by Crippen LogP contribution is 2.13. The average molecular weight is 370 g/mol. The van der Waals surface area contributed by atoms with Gasteiger partial charge in [0.05, 0.1) is 21.1 Å². The predicted octanol–water partition coefficient (Wildman–Crippen LogP) is 6.42. The molecule has 3 heteroatoms. The second-order valence-electron chi connectivity index (χ2n) is 9.06. The molecule has 1 atom stereocenters. The van der Waals surface area contributed by atoms with Crippen LogP contribution in [-0.2, 0) is 4.79 Å². The molecule has 0 bridgehead atoms. The minimum absolute atomic E-state index is 0.179. The monoisotopic (exact) mass is 369 g/mol. The molecule has 1 N–H and O–H groups in total. The van der Waals surface area contributed by atoms with Gasteiger partial charge in [0, 0.05) is 13.3 Å². The Balaban J connectivity index is 3.25. The molecule has 0 rings (SSSR count). The zero-order valence-electron chi connectivity index (χ0n) is 18.7. The quantitative estimate of drug-likeness (QED) is 0.169. The standard InChI is InChI=1S/C23H48N2O/c1-6-7-8-9-10-11-12-13-14-15-16-17-18-19-20-21-23(26)24-22(2)25(3,4)5/h22H,6-21H2,1-5H3/p+1. The lowest BCUT2D eigenvalue weighted by atomic mass is 10.0. The van der Waals surface area contributed by atoms with E-state index in [1.54, 1.807) is 0 Å². The molecular weight excluding hydrogens is 320 g/mol. The van der Waals surface area contributed by atoms with Gasteiger partial charge in [0.1, 0.15) is 0 Å². The van der Waals surface area contributed by atoms with E-state index in [1.807, 2.05) is 0 Å². The molecule has 0 radical (unpaired) electrons. The molecule has 0 aromatic carbocycles. The zero-order chi connectivity index (χ0) is 19.7. The zero-order valence-corrected chi connectivity index (χ0v) is 18.7. The van der Waals surface area contributed by atoms with Gasteiger partial charge in [0.15, 0.2) is 6.17 Å². The van der Waals surface area contributed by atoms with Crippen molar-refractivity contribution in [3.63, 3.8) is 0 Å². The number of carbonyl (C=O) groups excluding carboxylic acids is 1. The van der Waals surface area contributed by atoms with Crippen LogP contribution < -0.4 is 5.32 Å². The molecule has 26 heavy (non-hydrogen) atoms. The average Bonchev–Trinajstić information content (AvgIpc) is 2.57. The van der Waals surface area contributed by atoms with Crippen LogP contribution in [0.2, 0.25) is 0 Å². The van der Waals surface area contributed by atoms with E-state index in [2.05, 4.69) is 40.3 Å². The van der Waals surface area contributed by atoms with Crippen LogP contribution in [0.5, 0.6) is 0 Å². The minimum atomic E-state index is 0.179. The molecule has 0 aliphatic heterocycles. The Morgan fingerprint density at radius 2 is 1.04 bits per heavy atom. The van der Waals surface area contributed by atoms with Crippen LogP contribution in [0.25, 0.3) is 0 Å². The normalized spacial score (nSPS) is 13.0. The number of quaternary nitrogens is 1. The number of nitrogens with zero attached hydrogens (tertiary/aromatic N) is 1. The van der Waals surface area contributed by atoms with Crippen molar-refractivity contribution in [2.24, 2.45) is 0 Å². The molecule has 0 saturated heterocycles. The summed E-state index contributed by atoms with van der Waals surface area (Å²) in [7, 11) is 6.33. The van der Waals surface area contributed by atoms with Gasteiger partial charge < -0.3 is 9.80 Å². The predicted molar refractivity (Wildman–Crippen MR) is 115 cm³/mol. The maximum absolute atomic E-state index is 11.9. The lowest BCUT2D eigenvalue weighted by Gasteiger charge is -2.31. The fourth-order valence-electron chi connectivity index (χ4n) is 3.16. The topological polar surface area (TPSA) is 29.1 Å². The fraction of sp³-hybridized carbons (Fsp3) is 0.957. The van der Waals surface area contributed by atoms with E-state index in [-0.39, 0.29) is 12.1 Å². The Morgan fingerprint density at radius 3 is 1.38 bits per heavy atom. The number of hydrogen-bond acceptors (Lipinski definition) is 1. The second-order valence-corrected chi connectivity index (χ2v) is 9.06. The van der Waals surface area contributed by atoms with Gasteiger partial charge >= 0.3 is 0 Å². The van der Waals surface area contributed by atoms with E-state index < -0.39 is 0 Å². The first kappa shape index (κ1) is 25.4. The Bertz CT molecular complexity index is 323. The molecule has 0 aromatic heterocycles. The third-order valence-corrected chi connectivity index (χ3v) is 5.54. The van der Waals surface area contributed by atoms with Crippen LogP contribution in [0.1, 0.15) is 117 Å². The SMILES string of the molecule is CCCCCCCCCCCCCCCCCC(=O)NC(C)[N+](C)(C)C. The molecule has 0 saturated carbocycles. The molecule has 0 fully saturated rings. The number of amides is 1. The molecule has 156 valence electrons. The lowest BCUT2D eigenvalue weighted by molar-refractivity contribution is -0.896. The first-order valence-corrected chi connectivity index (χ1v) is 11.5. The van der Waals surface area contributed by atoms with Gasteiger partial charge in [-0.1, -0.05) is 96.8 Å². The van der Waals surface area contributed by atoms with Gasteiger partial charge in [-0.2, -0.15) is 0 Å². The third-order valence-electron chi connectivity index (χ3n) is 5.54. The highest BCUT2D eigenvalue weighted by Gasteiger charge is 2.19. The Hall–Kier alpha value is -0.570. The van der Waals surface area contributed by atoms with Crippen molar-refractivity contribution < 1.29 is 9.28 Å². The Kier molecular flexibility index (Phi) is 16.2. The van der Waals surface area contributed by atoms with E-state index in [9.17, 15) is 4.79 Å². The smallest absolute Gasteiger partial charge is 0.224 e. The van der Waals surface area contributed by atoms with Crippen molar-refractivity contribution >= 4 is 5.91 Å². The summed E-state index contributed by atoms with van der Waals surface area (Å²) >= 11 is 0. The third kappa shape index (κ3) is 16.9. The van der Waals surface area contributed by atoms with Gasteiger partial charge in [0.25, 0.3) is 0 Å². The first-order chi connectivity index (χ1) is 12.4. The largest absolute Gasteiger partial charge is 0.312 e. The van der Waals surface area contributed by atoms with Crippen molar-refractivity contribution in [1.82, 2.24) is 5.32 Å². The number of carbonyl (C=O) groups is 1. The highest BCUT2D eigenvalue weighted by molar-refractivity contribution is 5.75. The summed E-state index contributed by atoms with van der Waals surface area (Å²) in [4.78, 5) is 11.9. The van der Waals surface area contributed by atoms with Crippen molar-refractivity contribution in [2.45, 2.75) is 123 Å². The molecule has 0 aliphatic carbocycles. The first-order valence-electron chi connectivity index (χ1n) is 11.5. The number of nitrogens with one attached hydrogen (secondary N) is 1. The van der Waals surface area contributed by atoms with E-state index in [4.69, 9.17) is 0 Å². The summed E-state index contributed by atoms with van der Waals surface area (Å²) in [5.74, 6) is 0.209. The molecular formula is C23H49N2O+. The van der Waals surface area contributed by atoms with Crippen LogP contribution in [0.4, 0.5) is 0 Å². The molecule has 0 spiro atoms. The fourth-order valence-corrected chi connectivity index (χ4v) is 3.16. The Morgan fingerprint density at radius 1 is 0.692 bits per heavy atom. The number of hydrogen-bond donors (Lipinski definition) is 1. The van der Waals surface area contributed by atoms with Gasteiger partial charge in [-0.15, -0.1) is 0 Å². The van der Waals surface area contributed by atoms with Gasteiger partial charge in [-0.3, -0.25) is 4.79 Å². The van der Waals surface area contributed by atoms with Crippen molar-refractivity contribution in [2.75, 3.05) is 21.1 Å². The molecule has 1 unspecified atom stereocenters. The summed E-state index contributed by atoms with van der Waals surface area (Å²) < 4.78 is 0.768. The van der Waals surface area contributed by atoms with Gasteiger partial charge in [0.2, 0.25) is 5.91 Å². The van der Waals surface area contributed by atoms with Gasteiger partial charge in [-0.25, -0.2) is 0 Å². The van der Waals surface area contributed by atoms with Crippen LogP contribution in [0.15, 0.2) is 0 Å². The van der Waals surface area contributed by atoms with Crippen molar-refractivity contribution in [3.05, 3.63) is 0 Å². The minimum Gasteiger partial charge on any atom is -0.312 e. The van der Waals surface area contributed by atoms with Crippen LogP contribution in [0.3, 0.4) is 0 Å².